The minimum Gasteiger partial charge on any atom is -0.490 e. The van der Waals surface area contributed by atoms with Crippen molar-refractivity contribution in [3.8, 4) is 5.75 Å². The van der Waals surface area contributed by atoms with Crippen molar-refractivity contribution in [2.45, 2.75) is 20.0 Å². The van der Waals surface area contributed by atoms with Crippen molar-refractivity contribution >= 4 is 24.8 Å². The molecule has 2 rings (SSSR count). The maximum absolute atomic E-state index is 10.1. The number of aliphatic hydroxyl groups excluding tert-OH is 1. The summed E-state index contributed by atoms with van der Waals surface area (Å²) in [6, 6.07) is 6.10. The maximum atomic E-state index is 10.1. The molecule has 0 aliphatic carbocycles. The number of likely N-dealkylation sites (N-methyl/N-ethyl adjacent to an activating group) is 1. The van der Waals surface area contributed by atoms with Crippen molar-refractivity contribution in [2.75, 3.05) is 46.4 Å². The van der Waals surface area contributed by atoms with E-state index in [-0.39, 0.29) is 24.8 Å². The average Bonchev–Trinajstić information content (AvgIpc) is 2.41. The summed E-state index contributed by atoms with van der Waals surface area (Å²) in [5, 5.41) is 10.1. The van der Waals surface area contributed by atoms with Crippen LogP contribution in [0.4, 0.5) is 0 Å². The van der Waals surface area contributed by atoms with E-state index >= 15 is 0 Å². The molecule has 1 heterocycles. The first-order valence-electron chi connectivity index (χ1n) is 7.34. The number of piperazine rings is 1. The van der Waals surface area contributed by atoms with Crippen LogP contribution >= 0.6 is 24.8 Å². The van der Waals surface area contributed by atoms with Crippen LogP contribution in [0, 0.1) is 13.8 Å². The topological polar surface area (TPSA) is 35.9 Å². The molecule has 128 valence electrons. The lowest BCUT2D eigenvalue weighted by molar-refractivity contribution is 0.0501. The number of ether oxygens (including phenoxy) is 1. The van der Waals surface area contributed by atoms with Crippen molar-refractivity contribution < 1.29 is 9.84 Å². The summed E-state index contributed by atoms with van der Waals surface area (Å²) in [4.78, 5) is 4.62. The van der Waals surface area contributed by atoms with Gasteiger partial charge in [-0.3, -0.25) is 4.90 Å². The number of para-hydroxylation sites is 1. The van der Waals surface area contributed by atoms with Gasteiger partial charge >= 0.3 is 0 Å². The van der Waals surface area contributed by atoms with Crippen molar-refractivity contribution in [3.05, 3.63) is 29.3 Å². The molecule has 1 unspecified atom stereocenters. The standard InChI is InChI=1S/C16H26N2O2.2ClH/c1-13-5-4-6-14(2)16(13)20-12-15(19)11-18-9-7-17(3)8-10-18;;/h4-6,15,19H,7-12H2,1-3H3;2*1H. The van der Waals surface area contributed by atoms with Crippen LogP contribution < -0.4 is 4.74 Å². The number of benzene rings is 1. The highest BCUT2D eigenvalue weighted by molar-refractivity contribution is 5.85. The van der Waals surface area contributed by atoms with Crippen LogP contribution in [0.1, 0.15) is 11.1 Å². The number of aliphatic hydroxyl groups is 1. The van der Waals surface area contributed by atoms with E-state index in [9.17, 15) is 5.11 Å². The van der Waals surface area contributed by atoms with Gasteiger partial charge in [-0.15, -0.1) is 24.8 Å². The summed E-state index contributed by atoms with van der Waals surface area (Å²) >= 11 is 0. The summed E-state index contributed by atoms with van der Waals surface area (Å²) in [7, 11) is 2.14. The smallest absolute Gasteiger partial charge is 0.125 e. The average molecular weight is 351 g/mol. The summed E-state index contributed by atoms with van der Waals surface area (Å²) in [5.41, 5.74) is 2.24. The Morgan fingerprint density at radius 2 is 1.64 bits per heavy atom. The Morgan fingerprint density at radius 3 is 2.18 bits per heavy atom. The molecule has 0 spiro atoms. The Bertz CT molecular complexity index is 418. The molecule has 0 saturated carbocycles. The molecule has 1 aliphatic heterocycles. The number of aryl methyl sites for hydroxylation is 2. The number of hydrogen-bond donors (Lipinski definition) is 1. The van der Waals surface area contributed by atoms with E-state index in [2.05, 4.69) is 16.8 Å². The highest BCUT2D eigenvalue weighted by Crippen LogP contribution is 2.22. The molecule has 0 radical (unpaired) electrons. The van der Waals surface area contributed by atoms with Crippen molar-refractivity contribution in [1.29, 1.82) is 0 Å². The van der Waals surface area contributed by atoms with E-state index in [1.54, 1.807) is 0 Å². The zero-order valence-corrected chi connectivity index (χ0v) is 15.3. The van der Waals surface area contributed by atoms with Gasteiger partial charge < -0.3 is 14.7 Å². The van der Waals surface area contributed by atoms with Crippen molar-refractivity contribution in [3.63, 3.8) is 0 Å². The highest BCUT2D eigenvalue weighted by atomic mass is 35.5. The molecule has 1 N–H and O–H groups in total. The molecule has 0 aromatic heterocycles. The molecule has 22 heavy (non-hydrogen) atoms. The molecular formula is C16H28Cl2N2O2. The largest absolute Gasteiger partial charge is 0.490 e. The first-order valence-corrected chi connectivity index (χ1v) is 7.34. The van der Waals surface area contributed by atoms with Crippen LogP contribution in [0.3, 0.4) is 0 Å². The first-order chi connectivity index (χ1) is 9.56. The van der Waals surface area contributed by atoms with Gasteiger partial charge in [0.1, 0.15) is 18.5 Å². The van der Waals surface area contributed by atoms with E-state index in [0.717, 1.165) is 43.1 Å². The van der Waals surface area contributed by atoms with E-state index in [1.165, 1.54) is 0 Å². The number of halogens is 2. The Morgan fingerprint density at radius 1 is 1.09 bits per heavy atom. The van der Waals surface area contributed by atoms with Crippen LogP contribution in [-0.4, -0.2) is 67.4 Å². The fourth-order valence-electron chi connectivity index (χ4n) is 2.59. The lowest BCUT2D eigenvalue weighted by Crippen LogP contribution is -2.47. The molecule has 1 aromatic carbocycles. The van der Waals surface area contributed by atoms with Gasteiger partial charge in [0.2, 0.25) is 0 Å². The first kappa shape index (κ1) is 21.5. The van der Waals surface area contributed by atoms with Crippen molar-refractivity contribution in [2.24, 2.45) is 0 Å². The second kappa shape index (κ2) is 10.3. The number of hydrogen-bond acceptors (Lipinski definition) is 4. The molecule has 1 saturated heterocycles. The molecular weight excluding hydrogens is 323 g/mol. The maximum Gasteiger partial charge on any atom is 0.125 e. The summed E-state index contributed by atoms with van der Waals surface area (Å²) in [6.07, 6.45) is -0.433. The second-order valence-electron chi connectivity index (χ2n) is 5.79. The molecule has 1 fully saturated rings. The minimum absolute atomic E-state index is 0. The SMILES string of the molecule is Cc1cccc(C)c1OCC(O)CN1CCN(C)CC1.Cl.Cl. The Balaban J connectivity index is 0.00000220. The number of β-amino-alcohol motifs (C(OH)–C–C–N with tert-alkyl or cyclic N) is 1. The number of nitrogens with zero attached hydrogens (tertiary/aromatic N) is 2. The van der Waals surface area contributed by atoms with Gasteiger partial charge in [0, 0.05) is 32.7 Å². The van der Waals surface area contributed by atoms with Gasteiger partial charge in [0.25, 0.3) is 0 Å². The molecule has 0 bridgehead atoms. The lowest BCUT2D eigenvalue weighted by Gasteiger charge is -2.33. The van der Waals surface area contributed by atoms with Gasteiger partial charge in [0.15, 0.2) is 0 Å². The van der Waals surface area contributed by atoms with Gasteiger partial charge in [-0.25, -0.2) is 0 Å². The van der Waals surface area contributed by atoms with E-state index in [1.807, 2.05) is 32.0 Å². The van der Waals surface area contributed by atoms with Crippen LogP contribution in [-0.2, 0) is 0 Å². The van der Waals surface area contributed by atoms with Gasteiger partial charge in [-0.05, 0) is 32.0 Å². The highest BCUT2D eigenvalue weighted by Gasteiger charge is 2.17. The molecule has 4 nitrogen and oxygen atoms in total. The third-order valence-corrected chi connectivity index (χ3v) is 3.89. The Hall–Kier alpha value is -0.520. The molecule has 1 aromatic rings. The summed E-state index contributed by atoms with van der Waals surface area (Å²) in [6.45, 7) is 9.32. The van der Waals surface area contributed by atoms with Crippen LogP contribution in [0.2, 0.25) is 0 Å². The Kier molecular flexibility index (Phi) is 10.0. The molecule has 1 aliphatic rings. The molecule has 0 amide bonds. The van der Waals surface area contributed by atoms with Gasteiger partial charge in [-0.2, -0.15) is 0 Å². The van der Waals surface area contributed by atoms with Crippen LogP contribution in [0.5, 0.6) is 5.75 Å². The van der Waals surface area contributed by atoms with Crippen LogP contribution in [0.15, 0.2) is 18.2 Å². The van der Waals surface area contributed by atoms with E-state index in [4.69, 9.17) is 4.74 Å². The summed E-state index contributed by atoms with van der Waals surface area (Å²) in [5.74, 6) is 0.907. The predicted molar refractivity (Wildman–Crippen MR) is 95.9 cm³/mol. The minimum atomic E-state index is -0.433. The second-order valence-corrected chi connectivity index (χ2v) is 5.79. The Labute approximate surface area is 146 Å². The molecule has 6 heteroatoms. The van der Waals surface area contributed by atoms with Gasteiger partial charge in [-0.1, -0.05) is 18.2 Å². The monoisotopic (exact) mass is 350 g/mol. The lowest BCUT2D eigenvalue weighted by atomic mass is 10.1. The van der Waals surface area contributed by atoms with E-state index < -0.39 is 6.10 Å². The normalized spacial score (nSPS) is 17.3. The quantitative estimate of drug-likeness (QED) is 0.882. The molecule has 1 atom stereocenters. The fraction of sp³-hybridized carbons (Fsp3) is 0.625. The zero-order chi connectivity index (χ0) is 14.5. The van der Waals surface area contributed by atoms with Crippen LogP contribution in [0.25, 0.3) is 0 Å². The third kappa shape index (κ3) is 6.31. The van der Waals surface area contributed by atoms with Crippen molar-refractivity contribution in [1.82, 2.24) is 9.80 Å². The van der Waals surface area contributed by atoms with E-state index in [0.29, 0.717) is 13.2 Å². The fourth-order valence-corrected chi connectivity index (χ4v) is 2.59. The zero-order valence-electron chi connectivity index (χ0n) is 13.6. The predicted octanol–water partition coefficient (Wildman–Crippen LogP) is 2.13. The third-order valence-electron chi connectivity index (χ3n) is 3.89. The van der Waals surface area contributed by atoms with Gasteiger partial charge in [0.05, 0.1) is 0 Å². The summed E-state index contributed by atoms with van der Waals surface area (Å²) < 4.78 is 5.80. The number of rotatable bonds is 5.